The highest BCUT2D eigenvalue weighted by molar-refractivity contribution is 7.14. The summed E-state index contributed by atoms with van der Waals surface area (Å²) in [6.07, 6.45) is 2.18. The Balaban J connectivity index is 2.25. The van der Waals surface area contributed by atoms with Crippen molar-refractivity contribution in [2.75, 3.05) is 5.32 Å². The zero-order chi connectivity index (χ0) is 13.1. The topological polar surface area (TPSA) is 67.8 Å². The molecule has 1 amide bonds. The van der Waals surface area contributed by atoms with Gasteiger partial charge >= 0.3 is 0 Å². The fraction of sp³-hybridized carbons (Fsp3) is 0.273. The summed E-state index contributed by atoms with van der Waals surface area (Å²) in [6.45, 7) is 3.68. The predicted molar refractivity (Wildman–Crippen MR) is 71.2 cm³/mol. The van der Waals surface area contributed by atoms with Gasteiger partial charge in [-0.25, -0.2) is 15.0 Å². The number of nitrogens with one attached hydrogen (secondary N) is 1. The minimum atomic E-state index is -0.343. The minimum absolute atomic E-state index is 0.180. The summed E-state index contributed by atoms with van der Waals surface area (Å²) in [4.78, 5) is 24.2. The molecule has 0 fully saturated rings. The largest absolute Gasteiger partial charge is 0.311 e. The number of aromatic nitrogens is 3. The van der Waals surface area contributed by atoms with Gasteiger partial charge in [0.1, 0.15) is 10.8 Å². The highest BCUT2D eigenvalue weighted by Crippen LogP contribution is 2.22. The summed E-state index contributed by atoms with van der Waals surface area (Å²) in [6, 6.07) is 0. The molecular formula is C11H11ClN4OS. The molecule has 0 aliphatic carbocycles. The molecule has 5 nitrogen and oxygen atoms in total. The lowest BCUT2D eigenvalue weighted by atomic mass is 10.3. The summed E-state index contributed by atoms with van der Waals surface area (Å²) in [5, 5.41) is 3.74. The zero-order valence-electron chi connectivity index (χ0n) is 9.90. The first kappa shape index (κ1) is 12.9. The third kappa shape index (κ3) is 2.65. The molecule has 2 aromatic heterocycles. The van der Waals surface area contributed by atoms with E-state index in [2.05, 4.69) is 20.3 Å². The van der Waals surface area contributed by atoms with E-state index in [4.69, 9.17) is 11.6 Å². The molecule has 0 saturated carbocycles. The number of hydrogen-bond acceptors (Lipinski definition) is 5. The molecule has 0 unspecified atom stereocenters. The fourth-order valence-electron chi connectivity index (χ4n) is 1.40. The first-order valence-corrected chi connectivity index (χ1v) is 6.60. The molecule has 0 spiro atoms. The third-order valence-corrected chi connectivity index (χ3v) is 3.34. The summed E-state index contributed by atoms with van der Waals surface area (Å²) < 4.78 is 0. The van der Waals surface area contributed by atoms with Crippen LogP contribution in [-0.4, -0.2) is 20.9 Å². The molecule has 7 heteroatoms. The second-order valence-electron chi connectivity index (χ2n) is 3.55. The van der Waals surface area contributed by atoms with Crippen LogP contribution in [0.1, 0.15) is 28.9 Å². The molecule has 0 aliphatic heterocycles. The number of carbonyl (C=O) groups is 1. The van der Waals surface area contributed by atoms with E-state index >= 15 is 0 Å². The van der Waals surface area contributed by atoms with Crippen LogP contribution < -0.4 is 5.32 Å². The van der Waals surface area contributed by atoms with Crippen LogP contribution in [0.5, 0.6) is 0 Å². The van der Waals surface area contributed by atoms with Crippen LogP contribution >= 0.6 is 22.9 Å². The van der Waals surface area contributed by atoms with Gasteiger partial charge < -0.3 is 5.32 Å². The van der Waals surface area contributed by atoms with E-state index in [-0.39, 0.29) is 16.6 Å². The van der Waals surface area contributed by atoms with Gasteiger partial charge in [-0.05, 0) is 13.3 Å². The van der Waals surface area contributed by atoms with Crippen molar-refractivity contribution in [3.8, 4) is 0 Å². The van der Waals surface area contributed by atoms with Gasteiger partial charge in [-0.2, -0.15) is 0 Å². The van der Waals surface area contributed by atoms with Crippen LogP contribution in [0, 0.1) is 6.92 Å². The lowest BCUT2D eigenvalue weighted by molar-refractivity contribution is 0.102. The number of aryl methyl sites for hydroxylation is 2. The number of carbonyl (C=O) groups excluding carboxylic acids is 1. The van der Waals surface area contributed by atoms with Crippen molar-refractivity contribution < 1.29 is 4.79 Å². The van der Waals surface area contributed by atoms with Crippen LogP contribution in [0.3, 0.4) is 0 Å². The van der Waals surface area contributed by atoms with Crippen LogP contribution in [0.25, 0.3) is 0 Å². The average molecular weight is 283 g/mol. The van der Waals surface area contributed by atoms with Crippen molar-refractivity contribution in [2.24, 2.45) is 0 Å². The van der Waals surface area contributed by atoms with Gasteiger partial charge in [0.15, 0.2) is 5.69 Å². The van der Waals surface area contributed by atoms with Gasteiger partial charge in [-0.3, -0.25) is 4.79 Å². The van der Waals surface area contributed by atoms with Crippen molar-refractivity contribution in [2.45, 2.75) is 20.3 Å². The van der Waals surface area contributed by atoms with Gasteiger partial charge in [-0.1, -0.05) is 18.5 Å². The molecule has 1 N–H and O–H groups in total. The number of amides is 1. The van der Waals surface area contributed by atoms with Crippen LogP contribution in [0.2, 0.25) is 5.02 Å². The first-order chi connectivity index (χ1) is 8.61. The molecule has 0 aromatic carbocycles. The van der Waals surface area contributed by atoms with Crippen molar-refractivity contribution in [3.05, 3.63) is 33.9 Å². The summed E-state index contributed by atoms with van der Waals surface area (Å²) in [5.41, 5.74) is 2.73. The zero-order valence-corrected chi connectivity index (χ0v) is 11.5. The van der Waals surface area contributed by atoms with E-state index in [0.29, 0.717) is 5.82 Å². The highest BCUT2D eigenvalue weighted by atomic mass is 35.5. The molecule has 2 rings (SSSR count). The van der Waals surface area contributed by atoms with Crippen LogP contribution in [0.15, 0.2) is 11.7 Å². The van der Waals surface area contributed by atoms with Gasteiger partial charge in [0, 0.05) is 0 Å². The van der Waals surface area contributed by atoms with E-state index in [0.717, 1.165) is 17.1 Å². The van der Waals surface area contributed by atoms with Crippen LogP contribution in [0.4, 0.5) is 5.00 Å². The van der Waals surface area contributed by atoms with Gasteiger partial charge in [0.25, 0.3) is 5.91 Å². The normalized spacial score (nSPS) is 10.4. The Kier molecular flexibility index (Phi) is 3.88. The van der Waals surface area contributed by atoms with Crippen molar-refractivity contribution >= 4 is 33.8 Å². The standard InChI is InChI=1S/C11H11ClN4OS/c1-3-8-11(18-5-14-8)16-10(17)9-7(12)4-13-6(2)15-9/h4-5H,3H2,1-2H3,(H,16,17). The lowest BCUT2D eigenvalue weighted by Gasteiger charge is -2.05. The SMILES string of the molecule is CCc1ncsc1NC(=O)c1nc(C)ncc1Cl. The Morgan fingerprint density at radius 1 is 1.50 bits per heavy atom. The summed E-state index contributed by atoms with van der Waals surface area (Å²) in [7, 11) is 0. The number of halogens is 1. The Labute approximate surface area is 113 Å². The molecule has 0 radical (unpaired) electrons. The Morgan fingerprint density at radius 2 is 2.28 bits per heavy atom. The third-order valence-electron chi connectivity index (χ3n) is 2.28. The van der Waals surface area contributed by atoms with E-state index in [9.17, 15) is 4.79 Å². The highest BCUT2D eigenvalue weighted by Gasteiger charge is 2.15. The number of nitrogens with zero attached hydrogens (tertiary/aromatic N) is 3. The van der Waals surface area contributed by atoms with Crippen molar-refractivity contribution in [1.29, 1.82) is 0 Å². The van der Waals surface area contributed by atoms with E-state index in [1.54, 1.807) is 12.4 Å². The van der Waals surface area contributed by atoms with Crippen molar-refractivity contribution in [1.82, 2.24) is 15.0 Å². The molecule has 2 heterocycles. The first-order valence-electron chi connectivity index (χ1n) is 5.34. The van der Waals surface area contributed by atoms with Gasteiger partial charge in [-0.15, -0.1) is 11.3 Å². The lowest BCUT2D eigenvalue weighted by Crippen LogP contribution is -2.15. The molecule has 0 aliphatic rings. The van der Waals surface area contributed by atoms with E-state index in [1.165, 1.54) is 17.5 Å². The fourth-order valence-corrected chi connectivity index (χ4v) is 2.35. The molecule has 0 atom stereocenters. The maximum Gasteiger partial charge on any atom is 0.276 e. The maximum absolute atomic E-state index is 12.0. The van der Waals surface area contributed by atoms with E-state index < -0.39 is 0 Å². The van der Waals surface area contributed by atoms with Crippen LogP contribution in [-0.2, 0) is 6.42 Å². The second-order valence-corrected chi connectivity index (χ2v) is 4.81. The quantitative estimate of drug-likeness (QED) is 0.940. The molecule has 2 aromatic rings. The Hall–Kier alpha value is -1.53. The minimum Gasteiger partial charge on any atom is -0.311 e. The number of rotatable bonds is 3. The number of hydrogen-bond donors (Lipinski definition) is 1. The molecular weight excluding hydrogens is 272 g/mol. The average Bonchev–Trinajstić information content (AvgIpc) is 2.79. The Morgan fingerprint density at radius 3 is 3.00 bits per heavy atom. The Bertz CT molecular complexity index is 584. The predicted octanol–water partition coefficient (Wildman–Crippen LogP) is 2.71. The van der Waals surface area contributed by atoms with E-state index in [1.807, 2.05) is 6.92 Å². The van der Waals surface area contributed by atoms with Crippen molar-refractivity contribution in [3.63, 3.8) is 0 Å². The smallest absolute Gasteiger partial charge is 0.276 e. The number of anilines is 1. The summed E-state index contributed by atoms with van der Waals surface area (Å²) in [5.74, 6) is 0.161. The van der Waals surface area contributed by atoms with Gasteiger partial charge in [0.05, 0.1) is 22.4 Å². The number of thiazole rings is 1. The molecule has 0 saturated heterocycles. The second kappa shape index (κ2) is 5.41. The maximum atomic E-state index is 12.0. The van der Waals surface area contributed by atoms with Gasteiger partial charge in [0.2, 0.25) is 0 Å². The molecule has 94 valence electrons. The monoisotopic (exact) mass is 282 g/mol. The summed E-state index contributed by atoms with van der Waals surface area (Å²) >= 11 is 7.28. The molecule has 18 heavy (non-hydrogen) atoms. The molecule has 0 bridgehead atoms.